The fourth-order valence-corrected chi connectivity index (χ4v) is 3.75. The molecular formula is C17H25BrN2. The normalized spacial score (nSPS) is 22.9. The number of rotatable bonds is 5. The van der Waals surface area contributed by atoms with Crippen LogP contribution in [0.3, 0.4) is 0 Å². The van der Waals surface area contributed by atoms with Gasteiger partial charge in [-0.25, -0.2) is 0 Å². The van der Waals surface area contributed by atoms with E-state index in [1.54, 1.807) is 0 Å². The van der Waals surface area contributed by atoms with Crippen molar-refractivity contribution in [2.24, 2.45) is 0 Å². The lowest BCUT2D eigenvalue weighted by molar-refractivity contribution is 0.182. The summed E-state index contributed by atoms with van der Waals surface area (Å²) in [4.78, 5) is 2.69. The van der Waals surface area contributed by atoms with Crippen LogP contribution >= 0.6 is 15.9 Å². The van der Waals surface area contributed by atoms with Gasteiger partial charge in [0.2, 0.25) is 0 Å². The highest BCUT2D eigenvalue weighted by atomic mass is 79.9. The first-order valence-corrected chi connectivity index (χ1v) is 8.81. The van der Waals surface area contributed by atoms with E-state index in [1.165, 1.54) is 48.8 Å². The molecular weight excluding hydrogens is 312 g/mol. The molecule has 110 valence electrons. The molecule has 1 N–H and O–H groups in total. The van der Waals surface area contributed by atoms with Gasteiger partial charge in [0.25, 0.3) is 0 Å². The summed E-state index contributed by atoms with van der Waals surface area (Å²) in [6.45, 7) is 4.85. The molecule has 1 saturated heterocycles. The van der Waals surface area contributed by atoms with Gasteiger partial charge < -0.3 is 10.2 Å². The fourth-order valence-electron chi connectivity index (χ4n) is 3.33. The Morgan fingerprint density at radius 2 is 2.00 bits per heavy atom. The number of hydrogen-bond donors (Lipinski definition) is 1. The van der Waals surface area contributed by atoms with Gasteiger partial charge in [-0.2, -0.15) is 0 Å². The third-order valence-corrected chi connectivity index (χ3v) is 5.18. The summed E-state index contributed by atoms with van der Waals surface area (Å²) in [5, 5.41) is 3.88. The highest BCUT2D eigenvalue weighted by Gasteiger charge is 2.32. The average molecular weight is 337 g/mol. The Morgan fingerprint density at radius 3 is 2.60 bits per heavy atom. The molecule has 1 heterocycles. The largest absolute Gasteiger partial charge is 0.307 e. The molecule has 1 saturated carbocycles. The lowest BCUT2D eigenvalue weighted by Crippen LogP contribution is -2.44. The smallest absolute Gasteiger partial charge is 0.0320 e. The monoisotopic (exact) mass is 336 g/mol. The van der Waals surface area contributed by atoms with Crippen LogP contribution in [0.2, 0.25) is 0 Å². The number of piperidine rings is 1. The van der Waals surface area contributed by atoms with Gasteiger partial charge >= 0.3 is 0 Å². The number of nitrogens with zero attached hydrogens (tertiary/aromatic N) is 1. The van der Waals surface area contributed by atoms with Gasteiger partial charge in [0.05, 0.1) is 0 Å². The van der Waals surface area contributed by atoms with E-state index in [2.05, 4.69) is 57.3 Å². The molecule has 20 heavy (non-hydrogen) atoms. The highest BCUT2D eigenvalue weighted by Crippen LogP contribution is 2.30. The predicted octanol–water partition coefficient (Wildman–Crippen LogP) is 4.12. The number of likely N-dealkylation sites (tertiary alicyclic amines) is 1. The van der Waals surface area contributed by atoms with Gasteiger partial charge in [-0.05, 0) is 62.9 Å². The zero-order chi connectivity index (χ0) is 13.9. The fraction of sp³-hybridized carbons (Fsp3) is 0.647. The van der Waals surface area contributed by atoms with Crippen LogP contribution < -0.4 is 5.32 Å². The SMILES string of the molecule is CCC(NC1CCN(C2CC2)CC1)c1cccc(Br)c1. The molecule has 1 aromatic carbocycles. The molecule has 0 radical (unpaired) electrons. The summed E-state index contributed by atoms with van der Waals surface area (Å²) in [6, 6.07) is 10.8. The topological polar surface area (TPSA) is 15.3 Å². The lowest BCUT2D eigenvalue weighted by atomic mass is 9.99. The minimum atomic E-state index is 0.491. The van der Waals surface area contributed by atoms with Crippen LogP contribution in [-0.2, 0) is 0 Å². The zero-order valence-corrected chi connectivity index (χ0v) is 13.9. The first kappa shape index (κ1) is 14.6. The molecule has 3 rings (SSSR count). The van der Waals surface area contributed by atoms with Crippen LogP contribution in [0, 0.1) is 0 Å². The molecule has 1 unspecified atom stereocenters. The Labute approximate surface area is 131 Å². The second-order valence-electron chi connectivity index (χ2n) is 6.22. The van der Waals surface area contributed by atoms with Crippen LogP contribution in [-0.4, -0.2) is 30.1 Å². The Morgan fingerprint density at radius 1 is 1.25 bits per heavy atom. The van der Waals surface area contributed by atoms with Gasteiger partial charge in [-0.3, -0.25) is 0 Å². The van der Waals surface area contributed by atoms with Crippen LogP contribution in [0.4, 0.5) is 0 Å². The van der Waals surface area contributed by atoms with Gasteiger partial charge in [-0.15, -0.1) is 0 Å². The van der Waals surface area contributed by atoms with Crippen molar-refractivity contribution >= 4 is 15.9 Å². The second-order valence-corrected chi connectivity index (χ2v) is 7.14. The molecule has 2 aliphatic rings. The van der Waals surface area contributed by atoms with Crippen LogP contribution in [0.1, 0.15) is 50.6 Å². The number of benzene rings is 1. The Kier molecular flexibility index (Phi) is 4.79. The molecule has 1 aliphatic heterocycles. The average Bonchev–Trinajstić information content (AvgIpc) is 3.30. The van der Waals surface area contributed by atoms with Gasteiger partial charge in [0.15, 0.2) is 0 Å². The summed E-state index contributed by atoms with van der Waals surface area (Å²) in [5.74, 6) is 0. The van der Waals surface area contributed by atoms with E-state index in [0.29, 0.717) is 12.1 Å². The van der Waals surface area contributed by atoms with Crippen LogP contribution in [0.25, 0.3) is 0 Å². The summed E-state index contributed by atoms with van der Waals surface area (Å²) >= 11 is 3.58. The maximum atomic E-state index is 3.88. The van der Waals surface area contributed by atoms with Gasteiger partial charge in [-0.1, -0.05) is 35.0 Å². The third kappa shape index (κ3) is 3.63. The van der Waals surface area contributed by atoms with E-state index >= 15 is 0 Å². The highest BCUT2D eigenvalue weighted by molar-refractivity contribution is 9.10. The summed E-state index contributed by atoms with van der Waals surface area (Å²) < 4.78 is 1.18. The first-order chi connectivity index (χ1) is 9.76. The molecule has 1 atom stereocenters. The third-order valence-electron chi connectivity index (χ3n) is 4.69. The van der Waals surface area contributed by atoms with E-state index in [1.807, 2.05) is 0 Å². The maximum absolute atomic E-state index is 3.88. The summed E-state index contributed by atoms with van der Waals surface area (Å²) in [6.07, 6.45) is 6.64. The molecule has 1 aliphatic carbocycles. The number of halogens is 1. The van der Waals surface area contributed by atoms with Crippen molar-refractivity contribution in [1.29, 1.82) is 0 Å². The molecule has 0 spiro atoms. The molecule has 3 heteroatoms. The maximum Gasteiger partial charge on any atom is 0.0320 e. The van der Waals surface area contributed by atoms with Crippen LogP contribution in [0.15, 0.2) is 28.7 Å². The summed E-state index contributed by atoms with van der Waals surface area (Å²) in [7, 11) is 0. The number of nitrogens with one attached hydrogen (secondary N) is 1. The van der Waals surface area contributed by atoms with Crippen molar-refractivity contribution in [2.45, 2.75) is 57.2 Å². The molecule has 2 fully saturated rings. The van der Waals surface area contributed by atoms with Crippen molar-refractivity contribution < 1.29 is 0 Å². The molecule has 0 bridgehead atoms. The minimum absolute atomic E-state index is 0.491. The van der Waals surface area contributed by atoms with Crippen molar-refractivity contribution in [3.05, 3.63) is 34.3 Å². The van der Waals surface area contributed by atoms with Crippen molar-refractivity contribution in [1.82, 2.24) is 10.2 Å². The number of hydrogen-bond acceptors (Lipinski definition) is 2. The summed E-state index contributed by atoms with van der Waals surface area (Å²) in [5.41, 5.74) is 1.41. The zero-order valence-electron chi connectivity index (χ0n) is 12.3. The molecule has 2 nitrogen and oxygen atoms in total. The standard InChI is InChI=1S/C17H25BrN2/c1-2-17(13-4-3-5-14(18)12-13)19-15-8-10-20(11-9-15)16-6-7-16/h3-5,12,15-17,19H,2,6-11H2,1H3. The quantitative estimate of drug-likeness (QED) is 0.870. The van der Waals surface area contributed by atoms with E-state index < -0.39 is 0 Å². The second kappa shape index (κ2) is 6.59. The Balaban J connectivity index is 1.55. The van der Waals surface area contributed by atoms with E-state index in [4.69, 9.17) is 0 Å². The lowest BCUT2D eigenvalue weighted by Gasteiger charge is -2.34. The minimum Gasteiger partial charge on any atom is -0.307 e. The van der Waals surface area contributed by atoms with Crippen molar-refractivity contribution in [2.75, 3.05) is 13.1 Å². The van der Waals surface area contributed by atoms with Gasteiger partial charge in [0, 0.05) is 22.6 Å². The Bertz CT molecular complexity index is 436. The molecule has 1 aromatic rings. The van der Waals surface area contributed by atoms with E-state index in [0.717, 1.165) is 12.5 Å². The molecule has 0 aromatic heterocycles. The van der Waals surface area contributed by atoms with Gasteiger partial charge in [0.1, 0.15) is 0 Å². The van der Waals surface area contributed by atoms with Crippen molar-refractivity contribution in [3.8, 4) is 0 Å². The van der Waals surface area contributed by atoms with E-state index in [-0.39, 0.29) is 0 Å². The van der Waals surface area contributed by atoms with Crippen LogP contribution in [0.5, 0.6) is 0 Å². The predicted molar refractivity (Wildman–Crippen MR) is 87.9 cm³/mol. The van der Waals surface area contributed by atoms with Crippen molar-refractivity contribution in [3.63, 3.8) is 0 Å². The van der Waals surface area contributed by atoms with E-state index in [9.17, 15) is 0 Å². The Hall–Kier alpha value is -0.380. The molecule has 0 amide bonds. The first-order valence-electron chi connectivity index (χ1n) is 8.02.